The number of fused-ring (bicyclic) bond motifs is 3. The van der Waals surface area contributed by atoms with Crippen LogP contribution in [0.3, 0.4) is 0 Å². The summed E-state index contributed by atoms with van der Waals surface area (Å²) in [6, 6.07) is 6.00. The van der Waals surface area contributed by atoms with Crippen molar-refractivity contribution < 1.29 is 14.3 Å². The Morgan fingerprint density at radius 2 is 1.94 bits per heavy atom. The molecule has 3 fully saturated rings. The molecule has 0 bridgehead atoms. The van der Waals surface area contributed by atoms with Gasteiger partial charge in [-0.15, -0.1) is 10.2 Å². The van der Waals surface area contributed by atoms with Gasteiger partial charge in [0.15, 0.2) is 5.82 Å². The molecule has 0 unspecified atom stereocenters. The smallest absolute Gasteiger partial charge is 0.410 e. The van der Waals surface area contributed by atoms with Crippen LogP contribution in [0.25, 0.3) is 5.69 Å². The molecule has 4 aliphatic heterocycles. The summed E-state index contributed by atoms with van der Waals surface area (Å²) in [5, 5.41) is 9.76. The van der Waals surface area contributed by atoms with Crippen molar-refractivity contribution >= 4 is 23.6 Å². The molecule has 3 saturated heterocycles. The van der Waals surface area contributed by atoms with E-state index in [-0.39, 0.29) is 17.6 Å². The van der Waals surface area contributed by atoms with Gasteiger partial charge in [-0.1, -0.05) is 11.6 Å². The van der Waals surface area contributed by atoms with Gasteiger partial charge in [0.2, 0.25) is 5.95 Å². The monoisotopic (exact) mass is 458 g/mol. The zero-order chi connectivity index (χ0) is 21.9. The molecule has 4 aliphatic rings. The third-order valence-corrected chi connectivity index (χ3v) is 7.16. The van der Waals surface area contributed by atoms with Crippen LogP contribution in [0.1, 0.15) is 24.2 Å². The minimum atomic E-state index is -0.189. The van der Waals surface area contributed by atoms with Crippen LogP contribution in [-0.2, 0) is 22.6 Å². The van der Waals surface area contributed by atoms with Crippen molar-refractivity contribution in [1.29, 1.82) is 0 Å². The number of aromatic nitrogens is 3. The van der Waals surface area contributed by atoms with Crippen LogP contribution in [-0.4, -0.2) is 83.2 Å². The Morgan fingerprint density at radius 1 is 1.16 bits per heavy atom. The van der Waals surface area contributed by atoms with E-state index >= 15 is 0 Å². The van der Waals surface area contributed by atoms with Crippen LogP contribution >= 0.6 is 11.6 Å². The molecule has 1 amide bonds. The lowest BCUT2D eigenvalue weighted by Gasteiger charge is -2.59. The number of anilines is 1. The lowest BCUT2D eigenvalue weighted by atomic mass is 9.73. The van der Waals surface area contributed by atoms with Gasteiger partial charge in [-0.2, -0.15) is 0 Å². The molecule has 9 nitrogen and oxygen atoms in total. The number of amides is 1. The van der Waals surface area contributed by atoms with Gasteiger partial charge in [-0.05, 0) is 30.8 Å². The largest absolute Gasteiger partial charge is 0.446 e. The van der Waals surface area contributed by atoms with E-state index in [9.17, 15) is 4.79 Å². The van der Waals surface area contributed by atoms with Crippen LogP contribution in [0, 0.1) is 5.41 Å². The second-order valence-electron chi connectivity index (χ2n) is 9.60. The molecule has 0 N–H and O–H groups in total. The maximum atomic E-state index is 12.5. The summed E-state index contributed by atoms with van der Waals surface area (Å²) in [6.45, 7) is 6.09. The fraction of sp³-hybridized carbons (Fsp3) is 0.591. The highest BCUT2D eigenvalue weighted by atomic mass is 35.5. The van der Waals surface area contributed by atoms with Crippen LogP contribution < -0.4 is 4.90 Å². The quantitative estimate of drug-likeness (QED) is 0.683. The number of likely N-dealkylation sites (tertiary alicyclic amines) is 1. The molecule has 6 rings (SSSR count). The van der Waals surface area contributed by atoms with Gasteiger partial charge in [-0.3, -0.25) is 9.47 Å². The molecular weight excluding hydrogens is 432 g/mol. The highest BCUT2D eigenvalue weighted by Gasteiger charge is 2.55. The SMILES string of the molecule is CN1Cc2cc(Cl)ccc2-n2c(nnc2N2CC3(CN(C(=O)OC4CCOCC4)C3)C2)C1. The summed E-state index contributed by atoms with van der Waals surface area (Å²) >= 11 is 6.27. The standard InChI is InChI=1S/C22H27ClN6O3/c1-26-9-15-8-16(23)2-3-18(15)29-19(10-26)24-25-20(29)27-11-22(12-27)13-28(14-22)21(30)32-17-4-6-31-7-5-17/h2-3,8,17H,4-7,9-14H2,1H3. The van der Waals surface area contributed by atoms with E-state index in [0.717, 1.165) is 74.6 Å². The first-order chi connectivity index (χ1) is 15.5. The molecule has 1 aromatic heterocycles. The van der Waals surface area contributed by atoms with Gasteiger partial charge in [0.25, 0.3) is 0 Å². The molecule has 0 atom stereocenters. The van der Waals surface area contributed by atoms with E-state index in [1.54, 1.807) is 0 Å². The lowest BCUT2D eigenvalue weighted by Crippen LogP contribution is -2.73. The van der Waals surface area contributed by atoms with Crippen molar-refractivity contribution in [3.8, 4) is 5.69 Å². The van der Waals surface area contributed by atoms with E-state index < -0.39 is 0 Å². The van der Waals surface area contributed by atoms with Gasteiger partial charge in [0, 0.05) is 56.0 Å². The fourth-order valence-electron chi connectivity index (χ4n) is 5.36. The van der Waals surface area contributed by atoms with Crippen LogP contribution in [0.2, 0.25) is 5.02 Å². The van der Waals surface area contributed by atoms with E-state index in [1.165, 1.54) is 5.56 Å². The van der Waals surface area contributed by atoms with Crippen LogP contribution in [0.15, 0.2) is 18.2 Å². The molecule has 1 aromatic carbocycles. The molecule has 10 heteroatoms. The number of hydrogen-bond donors (Lipinski definition) is 0. The van der Waals surface area contributed by atoms with E-state index in [2.05, 4.69) is 37.7 Å². The predicted molar refractivity (Wildman–Crippen MR) is 118 cm³/mol. The first-order valence-corrected chi connectivity index (χ1v) is 11.6. The first-order valence-electron chi connectivity index (χ1n) is 11.2. The number of carbonyl (C=O) groups is 1. The average molecular weight is 459 g/mol. The summed E-state index contributed by atoms with van der Waals surface area (Å²) in [7, 11) is 2.08. The Kier molecular flexibility index (Phi) is 4.81. The van der Waals surface area contributed by atoms with Crippen LogP contribution in [0.4, 0.5) is 10.7 Å². The topological polar surface area (TPSA) is 76.0 Å². The molecule has 170 valence electrons. The van der Waals surface area contributed by atoms with Crippen molar-refractivity contribution in [3.63, 3.8) is 0 Å². The molecule has 2 aromatic rings. The number of hydrogen-bond acceptors (Lipinski definition) is 7. The maximum Gasteiger partial charge on any atom is 0.410 e. The van der Waals surface area contributed by atoms with Crippen molar-refractivity contribution in [2.45, 2.75) is 32.0 Å². The zero-order valence-corrected chi connectivity index (χ0v) is 18.9. The normalized spacial score (nSPS) is 22.6. The third kappa shape index (κ3) is 3.43. The molecule has 0 aliphatic carbocycles. The molecular formula is C22H27ClN6O3. The number of ether oxygens (including phenoxy) is 2. The molecule has 5 heterocycles. The Balaban J connectivity index is 1.14. The van der Waals surface area contributed by atoms with Gasteiger partial charge in [-0.25, -0.2) is 4.79 Å². The number of rotatable bonds is 2. The Morgan fingerprint density at radius 3 is 2.72 bits per heavy atom. The average Bonchev–Trinajstić information content (AvgIpc) is 3.03. The van der Waals surface area contributed by atoms with Gasteiger partial charge in [0.05, 0.1) is 25.4 Å². The summed E-state index contributed by atoms with van der Waals surface area (Å²) in [5.41, 5.74) is 2.39. The molecule has 0 radical (unpaired) electrons. The van der Waals surface area contributed by atoms with Crippen molar-refractivity contribution in [1.82, 2.24) is 24.6 Å². The summed E-state index contributed by atoms with van der Waals surface area (Å²) in [5.74, 6) is 1.80. The summed E-state index contributed by atoms with van der Waals surface area (Å²) in [4.78, 5) is 18.8. The lowest BCUT2D eigenvalue weighted by molar-refractivity contribution is -0.0514. The highest BCUT2D eigenvalue weighted by molar-refractivity contribution is 6.30. The van der Waals surface area contributed by atoms with E-state index in [0.29, 0.717) is 13.2 Å². The molecule has 1 spiro atoms. The van der Waals surface area contributed by atoms with Crippen molar-refractivity contribution in [3.05, 3.63) is 34.6 Å². The molecule has 0 saturated carbocycles. The summed E-state index contributed by atoms with van der Waals surface area (Å²) < 4.78 is 13.2. The fourth-order valence-corrected chi connectivity index (χ4v) is 5.55. The Labute approximate surface area is 191 Å². The second kappa shape index (κ2) is 7.60. The van der Waals surface area contributed by atoms with Crippen molar-refractivity contribution in [2.75, 3.05) is 51.3 Å². The Bertz CT molecular complexity index is 1040. The van der Waals surface area contributed by atoms with Gasteiger partial charge < -0.3 is 19.3 Å². The van der Waals surface area contributed by atoms with Gasteiger partial charge in [0.1, 0.15) is 6.10 Å². The maximum absolute atomic E-state index is 12.5. The highest BCUT2D eigenvalue weighted by Crippen LogP contribution is 2.43. The summed E-state index contributed by atoms with van der Waals surface area (Å²) in [6.07, 6.45) is 1.38. The Hall–Kier alpha value is -2.36. The minimum Gasteiger partial charge on any atom is -0.446 e. The minimum absolute atomic E-state index is 0.0103. The number of halogens is 1. The van der Waals surface area contributed by atoms with Gasteiger partial charge >= 0.3 is 6.09 Å². The number of nitrogens with zero attached hydrogens (tertiary/aromatic N) is 6. The van der Waals surface area contributed by atoms with Crippen molar-refractivity contribution in [2.24, 2.45) is 5.41 Å². The third-order valence-electron chi connectivity index (χ3n) is 6.93. The second-order valence-corrected chi connectivity index (χ2v) is 10.0. The predicted octanol–water partition coefficient (Wildman–Crippen LogP) is 2.30. The number of benzene rings is 1. The van der Waals surface area contributed by atoms with Crippen LogP contribution in [0.5, 0.6) is 0 Å². The van der Waals surface area contributed by atoms with E-state index in [1.807, 2.05) is 17.0 Å². The first kappa shape index (κ1) is 20.3. The van der Waals surface area contributed by atoms with E-state index in [4.69, 9.17) is 21.1 Å². The number of carbonyl (C=O) groups excluding carboxylic acids is 1. The zero-order valence-electron chi connectivity index (χ0n) is 18.2. The molecule has 32 heavy (non-hydrogen) atoms.